The zero-order valence-corrected chi connectivity index (χ0v) is 18.6. The normalized spacial score (nSPS) is 11.8. The Kier molecular flexibility index (Phi) is 9.39. The van der Waals surface area contributed by atoms with Crippen LogP contribution in [0.5, 0.6) is 5.75 Å². The van der Waals surface area contributed by atoms with Crippen LogP contribution in [-0.4, -0.2) is 35.9 Å². The highest BCUT2D eigenvalue weighted by Crippen LogP contribution is 2.14. The first-order valence-corrected chi connectivity index (χ1v) is 10.7. The molecule has 30 heavy (non-hydrogen) atoms. The molecule has 0 aliphatic heterocycles. The smallest absolute Gasteiger partial charge is 0.242 e. The van der Waals surface area contributed by atoms with Crippen molar-refractivity contribution in [3.63, 3.8) is 0 Å². The van der Waals surface area contributed by atoms with Gasteiger partial charge >= 0.3 is 0 Å². The second kappa shape index (κ2) is 12.0. The van der Waals surface area contributed by atoms with Gasteiger partial charge in [-0.05, 0) is 43.9 Å². The Morgan fingerprint density at radius 2 is 1.67 bits per heavy atom. The largest absolute Gasteiger partial charge is 0.494 e. The quantitative estimate of drug-likeness (QED) is 0.561. The molecule has 0 aliphatic rings. The molecular weight excluding hydrogens is 376 g/mol. The summed E-state index contributed by atoms with van der Waals surface area (Å²) in [6.45, 7) is 9.39. The number of amides is 2. The van der Waals surface area contributed by atoms with Gasteiger partial charge in [-0.15, -0.1) is 0 Å². The van der Waals surface area contributed by atoms with Crippen molar-refractivity contribution in [3.05, 3.63) is 65.7 Å². The second-order valence-corrected chi connectivity index (χ2v) is 8.09. The van der Waals surface area contributed by atoms with E-state index in [0.29, 0.717) is 38.5 Å². The summed E-state index contributed by atoms with van der Waals surface area (Å²) >= 11 is 0. The van der Waals surface area contributed by atoms with Gasteiger partial charge in [-0.1, -0.05) is 61.9 Å². The number of benzene rings is 2. The van der Waals surface area contributed by atoms with Crippen LogP contribution < -0.4 is 10.1 Å². The van der Waals surface area contributed by atoms with Crippen molar-refractivity contribution in [1.29, 1.82) is 0 Å². The van der Waals surface area contributed by atoms with E-state index >= 15 is 0 Å². The molecule has 1 N–H and O–H groups in total. The molecule has 2 amide bonds. The third-order valence-electron chi connectivity index (χ3n) is 4.87. The molecule has 0 unspecified atom stereocenters. The monoisotopic (exact) mass is 410 g/mol. The number of hydrogen-bond acceptors (Lipinski definition) is 3. The fourth-order valence-corrected chi connectivity index (χ4v) is 3.00. The van der Waals surface area contributed by atoms with E-state index in [1.807, 2.05) is 75.4 Å². The van der Waals surface area contributed by atoms with Crippen molar-refractivity contribution < 1.29 is 14.3 Å². The van der Waals surface area contributed by atoms with Gasteiger partial charge in [0, 0.05) is 19.5 Å². The number of nitrogens with zero attached hydrogens (tertiary/aromatic N) is 1. The van der Waals surface area contributed by atoms with E-state index in [1.54, 1.807) is 11.8 Å². The molecule has 2 aromatic rings. The Balaban J connectivity index is 1.98. The molecule has 0 aliphatic carbocycles. The van der Waals surface area contributed by atoms with Gasteiger partial charge in [0.25, 0.3) is 0 Å². The molecule has 2 aromatic carbocycles. The highest BCUT2D eigenvalue weighted by Gasteiger charge is 2.25. The number of para-hydroxylation sites is 1. The number of aryl methyl sites for hydroxylation is 1. The van der Waals surface area contributed by atoms with E-state index in [-0.39, 0.29) is 11.8 Å². The van der Waals surface area contributed by atoms with Crippen LogP contribution >= 0.6 is 0 Å². The van der Waals surface area contributed by atoms with E-state index in [4.69, 9.17) is 4.74 Å². The van der Waals surface area contributed by atoms with Crippen molar-refractivity contribution in [2.75, 3.05) is 13.2 Å². The molecule has 5 heteroatoms. The lowest BCUT2D eigenvalue weighted by Gasteiger charge is -2.29. The molecule has 1 atom stereocenters. The van der Waals surface area contributed by atoms with Crippen LogP contribution in [0.25, 0.3) is 0 Å². The Labute approximate surface area is 180 Å². The summed E-state index contributed by atoms with van der Waals surface area (Å²) in [5.41, 5.74) is 2.18. The maximum Gasteiger partial charge on any atom is 0.242 e. The van der Waals surface area contributed by atoms with E-state index < -0.39 is 6.04 Å². The summed E-state index contributed by atoms with van der Waals surface area (Å²) in [5, 5.41) is 2.94. The number of ether oxygens (including phenoxy) is 1. The summed E-state index contributed by atoms with van der Waals surface area (Å²) in [6.07, 6.45) is 0.930. The van der Waals surface area contributed by atoms with Gasteiger partial charge in [0.1, 0.15) is 11.8 Å². The van der Waals surface area contributed by atoms with Crippen LogP contribution in [0.15, 0.2) is 54.6 Å². The Morgan fingerprint density at radius 1 is 1.00 bits per heavy atom. The minimum absolute atomic E-state index is 0.0422. The molecule has 162 valence electrons. The maximum atomic E-state index is 13.0. The van der Waals surface area contributed by atoms with Gasteiger partial charge in [-0.2, -0.15) is 0 Å². The fourth-order valence-electron chi connectivity index (χ4n) is 3.00. The van der Waals surface area contributed by atoms with E-state index in [0.717, 1.165) is 16.9 Å². The first kappa shape index (κ1) is 23.5. The lowest BCUT2D eigenvalue weighted by molar-refractivity contribution is -0.140. The molecule has 0 spiro atoms. The van der Waals surface area contributed by atoms with Crippen LogP contribution in [0, 0.1) is 12.8 Å². The third kappa shape index (κ3) is 7.90. The lowest BCUT2D eigenvalue weighted by Crippen LogP contribution is -2.48. The van der Waals surface area contributed by atoms with Crippen molar-refractivity contribution in [1.82, 2.24) is 10.2 Å². The van der Waals surface area contributed by atoms with Gasteiger partial charge in [0.15, 0.2) is 0 Å². The second-order valence-electron chi connectivity index (χ2n) is 8.09. The van der Waals surface area contributed by atoms with Gasteiger partial charge in [0.05, 0.1) is 6.61 Å². The molecular formula is C25H34N2O3. The molecule has 2 rings (SSSR count). The number of hydrogen-bond donors (Lipinski definition) is 1. The predicted octanol–water partition coefficient (Wildman–Crippen LogP) is 4.34. The summed E-state index contributed by atoms with van der Waals surface area (Å²) < 4.78 is 5.69. The van der Waals surface area contributed by atoms with Gasteiger partial charge in [0.2, 0.25) is 11.8 Å². The van der Waals surface area contributed by atoms with Gasteiger partial charge in [-0.3, -0.25) is 9.59 Å². The van der Waals surface area contributed by atoms with Crippen LogP contribution in [0.4, 0.5) is 0 Å². The summed E-state index contributed by atoms with van der Waals surface area (Å²) in [5.74, 6) is 0.990. The number of carbonyl (C=O) groups excluding carboxylic acids is 2. The van der Waals surface area contributed by atoms with Crippen molar-refractivity contribution in [3.8, 4) is 5.75 Å². The fraction of sp³-hybridized carbons (Fsp3) is 0.440. The lowest BCUT2D eigenvalue weighted by atomic mass is 10.1. The first-order valence-electron chi connectivity index (χ1n) is 10.7. The highest BCUT2D eigenvalue weighted by atomic mass is 16.5. The number of nitrogens with one attached hydrogen (secondary N) is 1. The average Bonchev–Trinajstić information content (AvgIpc) is 2.74. The Bertz CT molecular complexity index is 788. The topological polar surface area (TPSA) is 58.6 Å². The zero-order chi connectivity index (χ0) is 21.9. The molecule has 0 fully saturated rings. The van der Waals surface area contributed by atoms with Crippen LogP contribution in [-0.2, 0) is 16.1 Å². The number of carbonyl (C=O) groups is 2. The van der Waals surface area contributed by atoms with Crippen LogP contribution in [0.3, 0.4) is 0 Å². The molecule has 0 radical (unpaired) electrons. The first-order chi connectivity index (χ1) is 14.4. The Hall–Kier alpha value is -2.82. The maximum absolute atomic E-state index is 13.0. The summed E-state index contributed by atoms with van der Waals surface area (Å²) in [6, 6.07) is 17.1. The summed E-state index contributed by atoms with van der Waals surface area (Å²) in [7, 11) is 0. The Morgan fingerprint density at radius 3 is 2.30 bits per heavy atom. The van der Waals surface area contributed by atoms with Crippen molar-refractivity contribution >= 4 is 11.8 Å². The molecule has 0 heterocycles. The standard InChI is InChI=1S/C25H34N2O3/c1-19(2)17-26-25(29)21(4)27(18-22-14-12-20(3)13-15-22)24(28)11-8-16-30-23-9-6-5-7-10-23/h5-7,9-10,12-15,19,21H,8,11,16-18H2,1-4H3,(H,26,29)/t21-/m0/s1. The average molecular weight is 411 g/mol. The summed E-state index contributed by atoms with van der Waals surface area (Å²) in [4.78, 5) is 27.3. The molecule has 0 saturated carbocycles. The van der Waals surface area contributed by atoms with Crippen molar-refractivity contribution in [2.45, 2.75) is 53.1 Å². The third-order valence-corrected chi connectivity index (χ3v) is 4.87. The molecule has 0 aromatic heterocycles. The van der Waals surface area contributed by atoms with E-state index in [1.165, 1.54) is 0 Å². The minimum atomic E-state index is -0.535. The molecule has 0 saturated heterocycles. The zero-order valence-electron chi connectivity index (χ0n) is 18.6. The predicted molar refractivity (Wildman–Crippen MR) is 120 cm³/mol. The molecule has 5 nitrogen and oxygen atoms in total. The van der Waals surface area contributed by atoms with Crippen molar-refractivity contribution in [2.24, 2.45) is 5.92 Å². The molecule has 0 bridgehead atoms. The van der Waals surface area contributed by atoms with Crippen LogP contribution in [0.2, 0.25) is 0 Å². The van der Waals surface area contributed by atoms with E-state index in [9.17, 15) is 9.59 Å². The van der Waals surface area contributed by atoms with E-state index in [2.05, 4.69) is 5.32 Å². The van der Waals surface area contributed by atoms with Gasteiger partial charge in [-0.25, -0.2) is 0 Å². The SMILES string of the molecule is Cc1ccc(CN(C(=O)CCCOc2ccccc2)[C@@H](C)C(=O)NCC(C)C)cc1. The van der Waals surface area contributed by atoms with Crippen LogP contribution in [0.1, 0.15) is 44.7 Å². The highest BCUT2D eigenvalue weighted by molar-refractivity contribution is 5.87. The van der Waals surface area contributed by atoms with Gasteiger partial charge < -0.3 is 15.0 Å². The minimum Gasteiger partial charge on any atom is -0.494 e. The number of rotatable bonds is 11.